The lowest BCUT2D eigenvalue weighted by Crippen LogP contribution is -2.25. The normalized spacial score (nSPS) is 10.2. The van der Waals surface area contributed by atoms with E-state index in [1.165, 1.54) is 34.9 Å². The van der Waals surface area contributed by atoms with Gasteiger partial charge in [-0.1, -0.05) is 18.2 Å². The van der Waals surface area contributed by atoms with Gasteiger partial charge in [-0.3, -0.25) is 19.7 Å². The molecule has 0 N–H and O–H groups in total. The van der Waals surface area contributed by atoms with Crippen LogP contribution >= 0.6 is 0 Å². The van der Waals surface area contributed by atoms with Crippen LogP contribution in [0.3, 0.4) is 0 Å². The van der Waals surface area contributed by atoms with Crippen molar-refractivity contribution in [3.63, 3.8) is 0 Å². The predicted octanol–water partition coefficient (Wildman–Crippen LogP) is 1.95. The Morgan fingerprint density at radius 2 is 1.95 bits per heavy atom. The average molecular weight is 272 g/mol. The fraction of sp³-hybridized carbons (Fsp3) is 0.143. The number of pyridine rings is 1. The van der Waals surface area contributed by atoms with Crippen LogP contribution in [0.25, 0.3) is 0 Å². The number of benzene rings is 1. The van der Waals surface area contributed by atoms with Gasteiger partial charge in [-0.15, -0.1) is 0 Å². The Labute approximate surface area is 114 Å². The molecule has 0 unspecified atom stereocenters. The summed E-state index contributed by atoms with van der Waals surface area (Å²) < 4.78 is 1.33. The molecule has 0 saturated carbocycles. The molecule has 0 atom stereocenters. The van der Waals surface area contributed by atoms with Gasteiger partial charge in [-0.2, -0.15) is 0 Å². The lowest BCUT2D eigenvalue weighted by molar-refractivity contribution is -0.384. The second kappa shape index (κ2) is 5.48. The summed E-state index contributed by atoms with van der Waals surface area (Å²) in [6.45, 7) is 1.59. The van der Waals surface area contributed by atoms with Crippen LogP contribution in [0.4, 0.5) is 5.69 Å². The first-order valence-electron chi connectivity index (χ1n) is 5.93. The van der Waals surface area contributed by atoms with Gasteiger partial charge in [0.1, 0.15) is 0 Å². The minimum absolute atomic E-state index is 0.132. The van der Waals surface area contributed by atoms with Gasteiger partial charge in [-0.25, -0.2) is 0 Å². The number of carbonyl (C=O) groups excluding carboxylic acids is 1. The summed E-state index contributed by atoms with van der Waals surface area (Å²) in [7, 11) is 0. The van der Waals surface area contributed by atoms with Crippen molar-refractivity contribution in [3.05, 3.63) is 74.2 Å². The van der Waals surface area contributed by atoms with E-state index in [1.807, 2.05) is 0 Å². The van der Waals surface area contributed by atoms with Gasteiger partial charge >= 0.3 is 0 Å². The largest absolute Gasteiger partial charge is 0.305 e. The molecule has 0 amide bonds. The summed E-state index contributed by atoms with van der Waals surface area (Å²) in [5, 5.41) is 10.7. The SMILES string of the molecule is Cc1cccc(=O)n1CC(=O)c1cccc([N+](=O)[O-])c1. The number of rotatable bonds is 4. The monoisotopic (exact) mass is 272 g/mol. The molecule has 6 heteroatoms. The summed E-state index contributed by atoms with van der Waals surface area (Å²) in [4.78, 5) is 33.9. The standard InChI is InChI=1S/C14H12N2O4/c1-10-4-2-7-14(18)15(10)9-13(17)11-5-3-6-12(8-11)16(19)20/h2-8H,9H2,1H3. The lowest BCUT2D eigenvalue weighted by Gasteiger charge is -2.08. The van der Waals surface area contributed by atoms with Crippen LogP contribution in [0.5, 0.6) is 0 Å². The van der Waals surface area contributed by atoms with E-state index in [0.29, 0.717) is 5.69 Å². The number of hydrogen-bond acceptors (Lipinski definition) is 4. The fourth-order valence-electron chi connectivity index (χ4n) is 1.85. The van der Waals surface area contributed by atoms with Gasteiger partial charge < -0.3 is 4.57 Å². The van der Waals surface area contributed by atoms with Crippen LogP contribution in [0.15, 0.2) is 47.3 Å². The molecule has 0 saturated heterocycles. The zero-order valence-corrected chi connectivity index (χ0v) is 10.8. The van der Waals surface area contributed by atoms with E-state index in [2.05, 4.69) is 0 Å². The quantitative estimate of drug-likeness (QED) is 0.484. The van der Waals surface area contributed by atoms with Gasteiger partial charge in [0.05, 0.1) is 11.5 Å². The number of hydrogen-bond donors (Lipinski definition) is 0. The van der Waals surface area contributed by atoms with E-state index in [1.54, 1.807) is 19.1 Å². The molecule has 1 aromatic heterocycles. The minimum Gasteiger partial charge on any atom is -0.305 e. The van der Waals surface area contributed by atoms with Crippen LogP contribution in [0, 0.1) is 17.0 Å². The highest BCUT2D eigenvalue weighted by atomic mass is 16.6. The zero-order chi connectivity index (χ0) is 14.7. The van der Waals surface area contributed by atoms with E-state index in [-0.39, 0.29) is 29.1 Å². The van der Waals surface area contributed by atoms with Crippen LogP contribution in [0.1, 0.15) is 16.1 Å². The Balaban J connectivity index is 2.31. The van der Waals surface area contributed by atoms with Crippen molar-refractivity contribution in [3.8, 4) is 0 Å². The molecule has 20 heavy (non-hydrogen) atoms. The Morgan fingerprint density at radius 3 is 2.60 bits per heavy atom. The molecule has 1 heterocycles. The zero-order valence-electron chi connectivity index (χ0n) is 10.8. The Kier molecular flexibility index (Phi) is 3.74. The second-order valence-electron chi connectivity index (χ2n) is 4.32. The second-order valence-corrected chi connectivity index (χ2v) is 4.32. The number of carbonyl (C=O) groups is 1. The molecule has 0 bridgehead atoms. The first-order valence-corrected chi connectivity index (χ1v) is 5.93. The molecule has 0 radical (unpaired) electrons. The molecule has 0 spiro atoms. The van der Waals surface area contributed by atoms with Gasteiger partial charge in [0, 0.05) is 29.5 Å². The average Bonchev–Trinajstić information content (AvgIpc) is 2.43. The highest BCUT2D eigenvalue weighted by Crippen LogP contribution is 2.14. The number of nitrogens with zero attached hydrogens (tertiary/aromatic N) is 2. The van der Waals surface area contributed by atoms with Crippen molar-refractivity contribution in [2.24, 2.45) is 0 Å². The van der Waals surface area contributed by atoms with Crippen LogP contribution in [-0.4, -0.2) is 15.3 Å². The number of nitro groups is 1. The van der Waals surface area contributed by atoms with E-state index in [9.17, 15) is 19.7 Å². The summed E-state index contributed by atoms with van der Waals surface area (Å²) in [6.07, 6.45) is 0. The highest BCUT2D eigenvalue weighted by Gasteiger charge is 2.13. The molecule has 2 rings (SSSR count). The third kappa shape index (κ3) is 2.80. The van der Waals surface area contributed by atoms with Crippen molar-refractivity contribution < 1.29 is 9.72 Å². The van der Waals surface area contributed by atoms with Crippen LogP contribution in [0.2, 0.25) is 0 Å². The van der Waals surface area contributed by atoms with E-state index in [4.69, 9.17) is 0 Å². The topological polar surface area (TPSA) is 82.2 Å². The molecule has 0 aliphatic heterocycles. The molecule has 102 valence electrons. The number of non-ortho nitro benzene ring substituents is 1. The molecular weight excluding hydrogens is 260 g/mol. The van der Waals surface area contributed by atoms with Crippen molar-refractivity contribution >= 4 is 11.5 Å². The number of ketones is 1. The fourth-order valence-corrected chi connectivity index (χ4v) is 1.85. The first-order chi connectivity index (χ1) is 9.49. The maximum Gasteiger partial charge on any atom is 0.270 e. The van der Waals surface area contributed by atoms with Crippen molar-refractivity contribution in [1.82, 2.24) is 4.57 Å². The Morgan fingerprint density at radius 1 is 1.25 bits per heavy atom. The number of Topliss-reactive ketones (excluding diaryl/α,β-unsaturated/α-hetero) is 1. The van der Waals surface area contributed by atoms with Gasteiger partial charge in [0.2, 0.25) is 0 Å². The van der Waals surface area contributed by atoms with Crippen LogP contribution < -0.4 is 5.56 Å². The molecule has 1 aromatic carbocycles. The van der Waals surface area contributed by atoms with Crippen molar-refractivity contribution in [1.29, 1.82) is 0 Å². The Hall–Kier alpha value is -2.76. The molecule has 0 aliphatic carbocycles. The molecular formula is C14H12N2O4. The number of nitro benzene ring substituents is 1. The molecule has 6 nitrogen and oxygen atoms in total. The number of aromatic nitrogens is 1. The van der Waals surface area contributed by atoms with Crippen LogP contribution in [-0.2, 0) is 6.54 Å². The molecule has 2 aromatic rings. The van der Waals surface area contributed by atoms with E-state index in [0.717, 1.165) is 0 Å². The third-order valence-electron chi connectivity index (χ3n) is 2.95. The predicted molar refractivity (Wildman–Crippen MR) is 72.9 cm³/mol. The van der Waals surface area contributed by atoms with Crippen molar-refractivity contribution in [2.75, 3.05) is 0 Å². The Bertz CT molecular complexity index is 734. The van der Waals surface area contributed by atoms with E-state index >= 15 is 0 Å². The van der Waals surface area contributed by atoms with Gasteiger partial charge in [0.25, 0.3) is 11.2 Å². The smallest absolute Gasteiger partial charge is 0.270 e. The van der Waals surface area contributed by atoms with E-state index < -0.39 is 4.92 Å². The first kappa shape index (κ1) is 13.7. The number of aryl methyl sites for hydroxylation is 1. The maximum absolute atomic E-state index is 12.1. The van der Waals surface area contributed by atoms with Crippen molar-refractivity contribution in [2.45, 2.75) is 13.5 Å². The summed E-state index contributed by atoms with van der Waals surface area (Å²) in [6, 6.07) is 10.2. The maximum atomic E-state index is 12.1. The highest BCUT2D eigenvalue weighted by molar-refractivity contribution is 5.96. The summed E-state index contributed by atoms with van der Waals surface area (Å²) in [5.41, 5.74) is 0.461. The minimum atomic E-state index is -0.559. The summed E-state index contributed by atoms with van der Waals surface area (Å²) in [5.74, 6) is -0.342. The lowest BCUT2D eigenvalue weighted by atomic mass is 10.1. The summed E-state index contributed by atoms with van der Waals surface area (Å²) >= 11 is 0. The molecule has 0 fully saturated rings. The third-order valence-corrected chi connectivity index (χ3v) is 2.95. The van der Waals surface area contributed by atoms with Gasteiger partial charge in [0.15, 0.2) is 5.78 Å². The molecule has 0 aliphatic rings. The van der Waals surface area contributed by atoms with Gasteiger partial charge in [-0.05, 0) is 13.0 Å².